The summed E-state index contributed by atoms with van der Waals surface area (Å²) in [7, 11) is 1.54. The summed E-state index contributed by atoms with van der Waals surface area (Å²) in [6, 6.07) is 13.2. The Morgan fingerprint density at radius 1 is 1.20 bits per heavy atom. The van der Waals surface area contributed by atoms with Crippen molar-refractivity contribution in [3.05, 3.63) is 59.7 Å². The zero-order valence-corrected chi connectivity index (χ0v) is 16.6. The highest BCUT2D eigenvalue weighted by atomic mass is 32.2. The van der Waals surface area contributed by atoms with Crippen molar-refractivity contribution < 1.29 is 29.0 Å². The van der Waals surface area contributed by atoms with Crippen LogP contribution < -0.4 is 14.8 Å². The number of benzene rings is 2. The number of amides is 1. The standard InChI is InChI=1S/C20H17N3O6S/c1-28-14-7-5-13(6-8-14)19(27)29-15-4-2-3-12(9-15)11-21-23-20-22-18(26)16(30-20)10-17(24)25/h2-9,11,16H,10H2,1H3,(H,24,25)(H,22,23,26)/b21-11+. The van der Waals surface area contributed by atoms with Crippen molar-refractivity contribution in [2.24, 2.45) is 10.2 Å². The fourth-order valence-electron chi connectivity index (χ4n) is 2.44. The van der Waals surface area contributed by atoms with Crippen LogP contribution >= 0.6 is 11.8 Å². The predicted molar refractivity (Wildman–Crippen MR) is 111 cm³/mol. The number of rotatable bonds is 7. The number of ether oxygens (including phenoxy) is 2. The molecule has 1 amide bonds. The minimum absolute atomic E-state index is 0.226. The van der Waals surface area contributed by atoms with Crippen molar-refractivity contribution in [3.63, 3.8) is 0 Å². The maximum Gasteiger partial charge on any atom is 0.343 e. The van der Waals surface area contributed by atoms with Gasteiger partial charge >= 0.3 is 11.9 Å². The number of hydrogen-bond donors (Lipinski definition) is 2. The number of carboxylic acids is 1. The second-order valence-electron chi connectivity index (χ2n) is 6.03. The van der Waals surface area contributed by atoms with Crippen LogP contribution in [0.1, 0.15) is 22.3 Å². The molecule has 1 aliphatic rings. The van der Waals surface area contributed by atoms with E-state index < -0.39 is 23.1 Å². The molecule has 1 fully saturated rings. The van der Waals surface area contributed by atoms with Gasteiger partial charge in [-0.15, -0.1) is 5.10 Å². The van der Waals surface area contributed by atoms with Gasteiger partial charge in [0.1, 0.15) is 16.7 Å². The lowest BCUT2D eigenvalue weighted by Gasteiger charge is -2.05. The predicted octanol–water partition coefficient (Wildman–Crippen LogP) is 2.31. The van der Waals surface area contributed by atoms with Crippen LogP contribution in [0.4, 0.5) is 0 Å². The number of aliphatic carboxylic acids is 1. The third-order valence-corrected chi connectivity index (χ3v) is 4.96. The Hall–Kier alpha value is -3.66. The highest BCUT2D eigenvalue weighted by Gasteiger charge is 2.32. The van der Waals surface area contributed by atoms with Gasteiger partial charge in [-0.3, -0.25) is 9.59 Å². The summed E-state index contributed by atoms with van der Waals surface area (Å²) in [5, 5.41) is 18.5. The first kappa shape index (κ1) is 21.1. The van der Waals surface area contributed by atoms with E-state index in [4.69, 9.17) is 14.6 Å². The lowest BCUT2D eigenvalue weighted by molar-refractivity contribution is -0.138. The third kappa shape index (κ3) is 5.67. The molecule has 1 heterocycles. The van der Waals surface area contributed by atoms with Crippen molar-refractivity contribution in [2.45, 2.75) is 11.7 Å². The average Bonchev–Trinajstić information content (AvgIpc) is 3.06. The van der Waals surface area contributed by atoms with E-state index in [0.717, 1.165) is 11.8 Å². The summed E-state index contributed by atoms with van der Waals surface area (Å²) in [6.45, 7) is 0. The van der Waals surface area contributed by atoms with Crippen LogP contribution in [0.3, 0.4) is 0 Å². The molecule has 30 heavy (non-hydrogen) atoms. The van der Waals surface area contributed by atoms with Crippen molar-refractivity contribution in [3.8, 4) is 11.5 Å². The van der Waals surface area contributed by atoms with Gasteiger partial charge in [0.15, 0.2) is 5.17 Å². The van der Waals surface area contributed by atoms with E-state index in [-0.39, 0.29) is 11.6 Å². The van der Waals surface area contributed by atoms with Gasteiger partial charge in [-0.05, 0) is 42.0 Å². The molecule has 0 spiro atoms. The van der Waals surface area contributed by atoms with Crippen molar-refractivity contribution >= 4 is 41.0 Å². The van der Waals surface area contributed by atoms with E-state index in [1.54, 1.807) is 55.6 Å². The number of nitrogens with zero attached hydrogens (tertiary/aromatic N) is 2. The SMILES string of the molecule is COc1ccc(C(=O)Oc2cccc(/C=N/N=C3\NC(=O)C(CC(=O)O)S3)c2)cc1. The topological polar surface area (TPSA) is 127 Å². The van der Waals surface area contributed by atoms with Gasteiger partial charge < -0.3 is 19.9 Å². The smallest absolute Gasteiger partial charge is 0.343 e. The molecule has 10 heteroatoms. The molecule has 0 aliphatic carbocycles. The number of carboxylic acid groups (broad SMARTS) is 1. The van der Waals surface area contributed by atoms with Crippen molar-refractivity contribution in [2.75, 3.05) is 7.11 Å². The van der Waals surface area contributed by atoms with E-state index >= 15 is 0 Å². The van der Waals surface area contributed by atoms with E-state index in [1.165, 1.54) is 6.21 Å². The Kier molecular flexibility index (Phi) is 6.81. The van der Waals surface area contributed by atoms with E-state index in [2.05, 4.69) is 15.5 Å². The Morgan fingerprint density at radius 3 is 2.67 bits per heavy atom. The van der Waals surface area contributed by atoms with E-state index in [9.17, 15) is 14.4 Å². The first-order chi connectivity index (χ1) is 14.4. The minimum atomic E-state index is -1.06. The van der Waals surface area contributed by atoms with Crippen LogP contribution in [0.15, 0.2) is 58.7 Å². The minimum Gasteiger partial charge on any atom is -0.497 e. The molecule has 2 aromatic carbocycles. The van der Waals surface area contributed by atoms with E-state index in [0.29, 0.717) is 22.6 Å². The van der Waals surface area contributed by atoms with Gasteiger partial charge in [0.05, 0.1) is 25.3 Å². The molecular weight excluding hydrogens is 410 g/mol. The summed E-state index contributed by atoms with van der Waals surface area (Å²) in [5.74, 6) is -1.02. The van der Waals surface area contributed by atoms with Crippen molar-refractivity contribution in [1.82, 2.24) is 5.32 Å². The van der Waals surface area contributed by atoms with Crippen LogP contribution in [-0.2, 0) is 9.59 Å². The highest BCUT2D eigenvalue weighted by Crippen LogP contribution is 2.22. The molecule has 0 saturated carbocycles. The molecule has 2 N–H and O–H groups in total. The first-order valence-corrected chi connectivity index (χ1v) is 9.59. The summed E-state index contributed by atoms with van der Waals surface area (Å²) in [5.41, 5.74) is 1.00. The summed E-state index contributed by atoms with van der Waals surface area (Å²) in [6.07, 6.45) is 1.13. The second kappa shape index (κ2) is 9.70. The van der Waals surface area contributed by atoms with Gasteiger partial charge in [0.25, 0.3) is 0 Å². The Bertz CT molecular complexity index is 1020. The molecule has 1 aliphatic heterocycles. The molecule has 1 atom stereocenters. The fourth-order valence-corrected chi connectivity index (χ4v) is 3.36. The molecule has 3 rings (SSSR count). The molecule has 0 bridgehead atoms. The molecular formula is C20H17N3O6S. The van der Waals surface area contributed by atoms with Gasteiger partial charge in [-0.2, -0.15) is 5.10 Å². The lowest BCUT2D eigenvalue weighted by atomic mass is 10.2. The van der Waals surface area contributed by atoms with Crippen molar-refractivity contribution in [1.29, 1.82) is 0 Å². The van der Waals surface area contributed by atoms with Crippen LogP contribution in [0, 0.1) is 0 Å². The molecule has 9 nitrogen and oxygen atoms in total. The summed E-state index contributed by atoms with van der Waals surface area (Å²) < 4.78 is 10.4. The maximum atomic E-state index is 12.2. The quantitative estimate of drug-likeness (QED) is 0.300. The molecule has 1 saturated heterocycles. The average molecular weight is 427 g/mol. The zero-order valence-electron chi connectivity index (χ0n) is 15.8. The largest absolute Gasteiger partial charge is 0.497 e. The third-order valence-electron chi connectivity index (χ3n) is 3.89. The number of hydrogen-bond acceptors (Lipinski definition) is 8. The number of amidine groups is 1. The molecule has 0 aromatic heterocycles. The number of carbonyl (C=O) groups excluding carboxylic acids is 2. The van der Waals surface area contributed by atoms with Crippen LogP contribution in [0.2, 0.25) is 0 Å². The number of methoxy groups -OCH3 is 1. The highest BCUT2D eigenvalue weighted by molar-refractivity contribution is 8.15. The number of esters is 1. The normalized spacial score (nSPS) is 17.2. The van der Waals surface area contributed by atoms with Crippen LogP contribution in [0.25, 0.3) is 0 Å². The number of carbonyl (C=O) groups is 3. The summed E-state index contributed by atoms with van der Waals surface area (Å²) in [4.78, 5) is 34.6. The number of thioether (sulfide) groups is 1. The lowest BCUT2D eigenvalue weighted by Crippen LogP contribution is -2.26. The van der Waals surface area contributed by atoms with E-state index in [1.807, 2.05) is 0 Å². The Morgan fingerprint density at radius 2 is 1.97 bits per heavy atom. The zero-order chi connectivity index (χ0) is 21.5. The Balaban J connectivity index is 1.62. The fraction of sp³-hybridized carbons (Fsp3) is 0.150. The van der Waals surface area contributed by atoms with Gasteiger partial charge in [0, 0.05) is 0 Å². The molecule has 0 radical (unpaired) electrons. The summed E-state index contributed by atoms with van der Waals surface area (Å²) >= 11 is 1.01. The first-order valence-electron chi connectivity index (χ1n) is 8.71. The molecule has 1 unspecified atom stereocenters. The van der Waals surface area contributed by atoms with Crippen LogP contribution in [-0.4, -0.2) is 46.7 Å². The monoisotopic (exact) mass is 427 g/mol. The van der Waals surface area contributed by atoms with Gasteiger partial charge in [-0.1, -0.05) is 23.9 Å². The second-order valence-corrected chi connectivity index (χ2v) is 7.23. The number of nitrogens with one attached hydrogen (secondary N) is 1. The maximum absolute atomic E-state index is 12.2. The molecule has 2 aromatic rings. The Labute approximate surface area is 175 Å². The molecule has 154 valence electrons. The van der Waals surface area contributed by atoms with Gasteiger partial charge in [-0.25, -0.2) is 4.79 Å². The van der Waals surface area contributed by atoms with Crippen LogP contribution in [0.5, 0.6) is 11.5 Å². The van der Waals surface area contributed by atoms with Gasteiger partial charge in [0.2, 0.25) is 5.91 Å².